The number of hydrogen-bond donors (Lipinski definition) is 1. The predicted molar refractivity (Wildman–Crippen MR) is 65.9 cm³/mol. The zero-order valence-electron chi connectivity index (χ0n) is 9.88. The van der Waals surface area contributed by atoms with Gasteiger partial charge in [0.25, 0.3) is 5.78 Å². The second kappa shape index (κ2) is 4.24. The highest BCUT2D eigenvalue weighted by atomic mass is 32.2. The Kier molecular flexibility index (Phi) is 2.70. The van der Waals surface area contributed by atoms with E-state index in [1.54, 1.807) is 4.52 Å². The number of hydrogen-bond acceptors (Lipinski definition) is 5. The Hall–Kier alpha value is -1.63. The third kappa shape index (κ3) is 1.84. The molecule has 7 heteroatoms. The molecule has 2 heterocycles. The van der Waals surface area contributed by atoms with Gasteiger partial charge in [0, 0.05) is 5.56 Å². The Balaban J connectivity index is 2.15. The molecule has 1 aliphatic carbocycles. The van der Waals surface area contributed by atoms with Crippen molar-refractivity contribution in [2.75, 3.05) is 5.75 Å². The molecule has 3 rings (SSSR count). The molecule has 0 saturated heterocycles. The van der Waals surface area contributed by atoms with Crippen LogP contribution in [0.2, 0.25) is 0 Å². The molecule has 0 saturated carbocycles. The highest BCUT2D eigenvalue weighted by Gasteiger charge is 2.22. The lowest BCUT2D eigenvalue weighted by atomic mass is 10.3. The number of thioether (sulfide) groups is 1. The van der Waals surface area contributed by atoms with Crippen LogP contribution in [0, 0.1) is 6.92 Å². The van der Waals surface area contributed by atoms with Gasteiger partial charge < -0.3 is 5.11 Å². The number of carboxylic acid groups (broad SMARTS) is 1. The normalized spacial score (nSPS) is 14.1. The van der Waals surface area contributed by atoms with E-state index in [0.717, 1.165) is 35.5 Å². The Labute approximate surface area is 107 Å². The second-order valence-corrected chi connectivity index (χ2v) is 5.21. The molecule has 1 aliphatic rings. The Bertz CT molecular complexity index is 637. The minimum absolute atomic E-state index is 0.0322. The zero-order chi connectivity index (χ0) is 12.7. The van der Waals surface area contributed by atoms with E-state index in [4.69, 9.17) is 5.11 Å². The Morgan fingerprint density at radius 1 is 1.44 bits per heavy atom. The molecule has 0 fully saturated rings. The van der Waals surface area contributed by atoms with E-state index >= 15 is 0 Å². The van der Waals surface area contributed by atoms with Crippen LogP contribution in [-0.2, 0) is 17.6 Å². The minimum atomic E-state index is -0.825. The number of aliphatic carboxylic acids is 1. The van der Waals surface area contributed by atoms with Gasteiger partial charge in [0.1, 0.15) is 10.9 Å². The zero-order valence-corrected chi connectivity index (χ0v) is 10.7. The summed E-state index contributed by atoms with van der Waals surface area (Å²) in [5.74, 6) is 0.433. The molecule has 2 aromatic rings. The first-order chi connectivity index (χ1) is 8.65. The smallest absolute Gasteiger partial charge is 0.313 e. The van der Waals surface area contributed by atoms with Gasteiger partial charge in [0.15, 0.2) is 0 Å². The molecular weight excluding hydrogens is 252 g/mol. The van der Waals surface area contributed by atoms with Crippen molar-refractivity contribution in [1.82, 2.24) is 19.6 Å². The summed E-state index contributed by atoms with van der Waals surface area (Å²) in [6, 6.07) is 0. The number of rotatable bonds is 3. The molecule has 0 aliphatic heterocycles. The second-order valence-electron chi connectivity index (χ2n) is 4.25. The average molecular weight is 264 g/mol. The van der Waals surface area contributed by atoms with Gasteiger partial charge in [0.2, 0.25) is 0 Å². The summed E-state index contributed by atoms with van der Waals surface area (Å²) in [7, 11) is 0. The van der Waals surface area contributed by atoms with E-state index in [1.165, 1.54) is 11.8 Å². The third-order valence-electron chi connectivity index (χ3n) is 2.90. The summed E-state index contributed by atoms with van der Waals surface area (Å²) >= 11 is 1.30. The fourth-order valence-corrected chi connectivity index (χ4v) is 3.12. The predicted octanol–water partition coefficient (Wildman–Crippen LogP) is 1.10. The van der Waals surface area contributed by atoms with Gasteiger partial charge in [-0.15, -0.1) is 5.10 Å². The summed E-state index contributed by atoms with van der Waals surface area (Å²) in [4.78, 5) is 19.5. The van der Waals surface area contributed by atoms with Crippen LogP contribution in [-0.4, -0.2) is 36.4 Å². The van der Waals surface area contributed by atoms with E-state index in [0.29, 0.717) is 11.6 Å². The van der Waals surface area contributed by atoms with Gasteiger partial charge in [-0.3, -0.25) is 4.79 Å². The first kappa shape index (κ1) is 11.5. The Morgan fingerprint density at radius 2 is 2.28 bits per heavy atom. The van der Waals surface area contributed by atoms with Crippen LogP contribution in [0.1, 0.15) is 23.5 Å². The van der Waals surface area contributed by atoms with Gasteiger partial charge in [-0.1, -0.05) is 11.8 Å². The van der Waals surface area contributed by atoms with Crippen molar-refractivity contribution < 1.29 is 9.90 Å². The first-order valence-corrected chi connectivity index (χ1v) is 6.73. The summed E-state index contributed by atoms with van der Waals surface area (Å²) in [5.41, 5.74) is 2.18. The maximum atomic E-state index is 10.7. The average Bonchev–Trinajstić information content (AvgIpc) is 2.88. The van der Waals surface area contributed by atoms with Crippen molar-refractivity contribution in [2.45, 2.75) is 31.2 Å². The van der Waals surface area contributed by atoms with Crippen LogP contribution in [0.4, 0.5) is 0 Å². The number of aryl methyl sites for hydroxylation is 2. The molecule has 94 valence electrons. The molecule has 0 aromatic carbocycles. The summed E-state index contributed by atoms with van der Waals surface area (Å²) in [6.45, 7) is 1.81. The molecule has 0 atom stereocenters. The SMILES string of the molecule is Cc1nc2nc3c(c(SCC(=O)O)n2n1)CCC3. The number of fused-ring (bicyclic) bond motifs is 2. The highest BCUT2D eigenvalue weighted by Crippen LogP contribution is 2.31. The summed E-state index contributed by atoms with van der Waals surface area (Å²) in [6.07, 6.45) is 2.95. The lowest BCUT2D eigenvalue weighted by Gasteiger charge is -2.07. The van der Waals surface area contributed by atoms with Crippen LogP contribution < -0.4 is 0 Å². The molecule has 0 bridgehead atoms. The molecule has 2 aromatic heterocycles. The lowest BCUT2D eigenvalue weighted by molar-refractivity contribution is -0.133. The third-order valence-corrected chi connectivity index (χ3v) is 3.99. The van der Waals surface area contributed by atoms with Gasteiger partial charge in [-0.05, 0) is 26.2 Å². The molecule has 0 spiro atoms. The van der Waals surface area contributed by atoms with Crippen LogP contribution in [0.15, 0.2) is 5.03 Å². The molecule has 0 amide bonds. The van der Waals surface area contributed by atoms with Crippen molar-refractivity contribution in [3.8, 4) is 0 Å². The monoisotopic (exact) mass is 264 g/mol. The maximum Gasteiger partial charge on any atom is 0.313 e. The molecule has 0 unspecified atom stereocenters. The number of aromatic nitrogens is 4. The Morgan fingerprint density at radius 3 is 3.06 bits per heavy atom. The summed E-state index contributed by atoms with van der Waals surface area (Å²) < 4.78 is 1.67. The van der Waals surface area contributed by atoms with E-state index in [9.17, 15) is 4.79 Å². The first-order valence-electron chi connectivity index (χ1n) is 5.75. The van der Waals surface area contributed by atoms with Crippen LogP contribution in [0.3, 0.4) is 0 Å². The fraction of sp³-hybridized carbons (Fsp3) is 0.455. The molecular formula is C11H12N4O2S. The van der Waals surface area contributed by atoms with Crippen LogP contribution in [0.5, 0.6) is 0 Å². The minimum Gasteiger partial charge on any atom is -0.481 e. The number of carboxylic acids is 1. The van der Waals surface area contributed by atoms with Crippen molar-refractivity contribution in [3.05, 3.63) is 17.1 Å². The van der Waals surface area contributed by atoms with Gasteiger partial charge >= 0.3 is 5.97 Å². The topological polar surface area (TPSA) is 80.4 Å². The van der Waals surface area contributed by atoms with Crippen molar-refractivity contribution in [1.29, 1.82) is 0 Å². The largest absolute Gasteiger partial charge is 0.481 e. The quantitative estimate of drug-likeness (QED) is 0.660. The number of carbonyl (C=O) groups is 1. The molecule has 6 nitrogen and oxygen atoms in total. The fourth-order valence-electron chi connectivity index (χ4n) is 2.22. The summed E-state index contributed by atoms with van der Waals surface area (Å²) in [5, 5.41) is 14.0. The van der Waals surface area contributed by atoms with Crippen molar-refractivity contribution >= 4 is 23.5 Å². The van der Waals surface area contributed by atoms with E-state index in [-0.39, 0.29) is 5.75 Å². The van der Waals surface area contributed by atoms with Gasteiger partial charge in [0.05, 0.1) is 11.4 Å². The van der Waals surface area contributed by atoms with Crippen LogP contribution in [0.25, 0.3) is 5.78 Å². The van der Waals surface area contributed by atoms with Gasteiger partial charge in [-0.2, -0.15) is 9.50 Å². The maximum absolute atomic E-state index is 10.7. The van der Waals surface area contributed by atoms with Crippen molar-refractivity contribution in [2.24, 2.45) is 0 Å². The van der Waals surface area contributed by atoms with Crippen LogP contribution >= 0.6 is 11.8 Å². The lowest BCUT2D eigenvalue weighted by Crippen LogP contribution is -2.05. The van der Waals surface area contributed by atoms with Gasteiger partial charge in [-0.25, -0.2) is 4.98 Å². The van der Waals surface area contributed by atoms with Crippen molar-refractivity contribution in [3.63, 3.8) is 0 Å². The highest BCUT2D eigenvalue weighted by molar-refractivity contribution is 7.99. The number of nitrogens with zero attached hydrogens (tertiary/aromatic N) is 4. The molecule has 1 N–H and O–H groups in total. The molecule has 18 heavy (non-hydrogen) atoms. The van der Waals surface area contributed by atoms with E-state index in [1.807, 2.05) is 6.92 Å². The molecule has 0 radical (unpaired) electrons. The standard InChI is InChI=1S/C11H12N4O2S/c1-6-12-11-13-8-4-2-3-7(8)10(15(11)14-6)18-5-9(16)17/h2-5H2,1H3,(H,16,17). The van der Waals surface area contributed by atoms with E-state index < -0.39 is 5.97 Å². The van der Waals surface area contributed by atoms with E-state index in [2.05, 4.69) is 15.1 Å².